The second-order valence-corrected chi connectivity index (χ2v) is 6.03. The van der Waals surface area contributed by atoms with Crippen LogP contribution < -0.4 is 25.7 Å². The molecule has 1 aliphatic heterocycles. The lowest BCUT2D eigenvalue weighted by atomic mass is 9.87. The molecule has 0 bridgehead atoms. The van der Waals surface area contributed by atoms with Crippen LogP contribution in [-0.4, -0.2) is 44.9 Å². The van der Waals surface area contributed by atoms with Gasteiger partial charge >= 0.3 is 0 Å². The van der Waals surface area contributed by atoms with Gasteiger partial charge in [0.15, 0.2) is 11.5 Å². The standard InChI is InChI=1S/C18H23N5O3/c1-24-14-6-10(7-15(25-2)16(14)26-3)9-21-11-4-5-13-12(8-11)17(19)23-18(20)22-13/h4-7,12-13H,8-9H2,1-3H3,(H4,19,20,22,23). The second kappa shape index (κ2) is 7.47. The summed E-state index contributed by atoms with van der Waals surface area (Å²) in [5, 5.41) is 0. The normalized spacial score (nSPS) is 23.1. The van der Waals surface area contributed by atoms with Crippen LogP contribution >= 0.6 is 0 Å². The van der Waals surface area contributed by atoms with Gasteiger partial charge in [-0.15, -0.1) is 0 Å². The first kappa shape index (κ1) is 17.8. The number of rotatable bonds is 5. The number of nitrogens with two attached hydrogens (primary N) is 2. The highest BCUT2D eigenvalue weighted by Gasteiger charge is 2.30. The number of amidine groups is 1. The molecular weight excluding hydrogens is 334 g/mol. The van der Waals surface area contributed by atoms with Crippen LogP contribution in [0.25, 0.3) is 0 Å². The molecular formula is C18H23N5O3. The number of hydrogen-bond donors (Lipinski definition) is 2. The minimum absolute atomic E-state index is 0.00555. The molecule has 4 N–H and O–H groups in total. The van der Waals surface area contributed by atoms with Gasteiger partial charge < -0.3 is 25.7 Å². The van der Waals surface area contributed by atoms with Gasteiger partial charge in [0.25, 0.3) is 0 Å². The predicted molar refractivity (Wildman–Crippen MR) is 102 cm³/mol. The number of methoxy groups -OCH3 is 3. The van der Waals surface area contributed by atoms with Gasteiger partial charge in [-0.25, -0.2) is 9.98 Å². The van der Waals surface area contributed by atoms with E-state index in [9.17, 15) is 0 Å². The highest BCUT2D eigenvalue weighted by Crippen LogP contribution is 2.38. The molecule has 0 spiro atoms. The molecule has 3 rings (SSSR count). The van der Waals surface area contributed by atoms with Crippen LogP contribution in [0.4, 0.5) is 0 Å². The van der Waals surface area contributed by atoms with Crippen molar-refractivity contribution in [3.05, 3.63) is 29.8 Å². The van der Waals surface area contributed by atoms with E-state index in [1.807, 2.05) is 24.3 Å². The Kier molecular flexibility index (Phi) is 5.11. The van der Waals surface area contributed by atoms with Crippen molar-refractivity contribution in [1.82, 2.24) is 0 Å². The molecule has 2 aliphatic rings. The molecule has 1 aliphatic carbocycles. The number of ether oxygens (including phenoxy) is 3. The summed E-state index contributed by atoms with van der Waals surface area (Å²) in [5.41, 5.74) is 13.6. The summed E-state index contributed by atoms with van der Waals surface area (Å²) in [7, 11) is 4.76. The van der Waals surface area contributed by atoms with Gasteiger partial charge in [-0.3, -0.25) is 4.99 Å². The number of fused-ring (bicyclic) bond motifs is 1. The van der Waals surface area contributed by atoms with Crippen molar-refractivity contribution in [2.45, 2.75) is 19.0 Å². The van der Waals surface area contributed by atoms with Crippen molar-refractivity contribution in [2.24, 2.45) is 32.4 Å². The Morgan fingerprint density at radius 3 is 2.42 bits per heavy atom. The number of allylic oxidation sites excluding steroid dienone is 1. The van der Waals surface area contributed by atoms with Crippen LogP contribution in [-0.2, 0) is 6.54 Å². The molecule has 0 radical (unpaired) electrons. The molecule has 1 heterocycles. The van der Waals surface area contributed by atoms with E-state index in [0.717, 1.165) is 11.3 Å². The Balaban J connectivity index is 1.81. The number of guanidine groups is 1. The van der Waals surface area contributed by atoms with E-state index < -0.39 is 0 Å². The SMILES string of the molecule is COc1cc(CN=C2C=CC3N=C(N)N=C(N)C3C2)cc(OC)c1OC. The zero-order valence-corrected chi connectivity index (χ0v) is 15.1. The molecule has 0 saturated carbocycles. The maximum Gasteiger partial charge on any atom is 0.217 e. The average molecular weight is 357 g/mol. The highest BCUT2D eigenvalue weighted by atomic mass is 16.5. The summed E-state index contributed by atoms with van der Waals surface area (Å²) < 4.78 is 16.1. The maximum absolute atomic E-state index is 6.01. The summed E-state index contributed by atoms with van der Waals surface area (Å²) in [6.07, 6.45) is 4.61. The number of benzene rings is 1. The second-order valence-electron chi connectivity index (χ2n) is 6.03. The van der Waals surface area contributed by atoms with Crippen molar-refractivity contribution in [3.63, 3.8) is 0 Å². The molecule has 0 fully saturated rings. The van der Waals surface area contributed by atoms with Gasteiger partial charge in [-0.1, -0.05) is 6.08 Å². The molecule has 1 aromatic rings. The van der Waals surface area contributed by atoms with E-state index in [-0.39, 0.29) is 17.9 Å². The van der Waals surface area contributed by atoms with Gasteiger partial charge in [0.1, 0.15) is 5.84 Å². The molecule has 0 saturated heterocycles. The van der Waals surface area contributed by atoms with E-state index in [1.54, 1.807) is 21.3 Å². The van der Waals surface area contributed by atoms with Crippen LogP contribution in [0.15, 0.2) is 39.3 Å². The maximum atomic E-state index is 6.01. The van der Waals surface area contributed by atoms with Crippen molar-refractivity contribution in [1.29, 1.82) is 0 Å². The van der Waals surface area contributed by atoms with Gasteiger partial charge in [0.2, 0.25) is 11.7 Å². The fourth-order valence-electron chi connectivity index (χ4n) is 3.10. The summed E-state index contributed by atoms with van der Waals surface area (Å²) in [6.45, 7) is 0.482. The van der Waals surface area contributed by atoms with Crippen molar-refractivity contribution in [2.75, 3.05) is 21.3 Å². The van der Waals surface area contributed by atoms with Crippen LogP contribution in [0.2, 0.25) is 0 Å². The number of nitrogens with zero attached hydrogens (tertiary/aromatic N) is 3. The summed E-state index contributed by atoms with van der Waals surface area (Å²) >= 11 is 0. The molecule has 2 unspecified atom stereocenters. The number of hydrogen-bond acceptors (Lipinski definition) is 8. The first-order valence-electron chi connectivity index (χ1n) is 8.23. The van der Waals surface area contributed by atoms with E-state index in [2.05, 4.69) is 9.98 Å². The molecule has 0 amide bonds. The van der Waals surface area contributed by atoms with Crippen molar-refractivity contribution in [3.8, 4) is 17.2 Å². The van der Waals surface area contributed by atoms with Gasteiger partial charge in [-0.05, 0) is 23.8 Å². The summed E-state index contributed by atoms with van der Waals surface area (Å²) in [6, 6.07) is 3.72. The van der Waals surface area contributed by atoms with Crippen LogP contribution in [0, 0.1) is 5.92 Å². The predicted octanol–water partition coefficient (Wildman–Crippen LogP) is 1.28. The molecule has 0 aromatic heterocycles. The van der Waals surface area contributed by atoms with Crippen LogP contribution in [0.5, 0.6) is 17.2 Å². The monoisotopic (exact) mass is 357 g/mol. The minimum atomic E-state index is -0.0624. The van der Waals surface area contributed by atoms with Gasteiger partial charge in [0, 0.05) is 18.1 Å². The zero-order chi connectivity index (χ0) is 18.7. The summed E-state index contributed by atoms with van der Waals surface area (Å²) in [4.78, 5) is 13.1. The molecule has 8 nitrogen and oxygen atoms in total. The fraction of sp³-hybridized carbons (Fsp3) is 0.389. The topological polar surface area (TPSA) is 117 Å². The highest BCUT2D eigenvalue weighted by molar-refractivity contribution is 6.04. The smallest absolute Gasteiger partial charge is 0.217 e. The third kappa shape index (κ3) is 3.49. The van der Waals surface area contributed by atoms with Crippen molar-refractivity contribution >= 4 is 17.5 Å². The lowest BCUT2D eigenvalue weighted by molar-refractivity contribution is 0.324. The van der Waals surface area contributed by atoms with E-state index in [0.29, 0.717) is 36.0 Å². The fourth-order valence-corrected chi connectivity index (χ4v) is 3.10. The minimum Gasteiger partial charge on any atom is -0.493 e. The zero-order valence-electron chi connectivity index (χ0n) is 15.1. The lowest BCUT2D eigenvalue weighted by Gasteiger charge is -2.27. The van der Waals surface area contributed by atoms with E-state index in [4.69, 9.17) is 30.7 Å². The molecule has 1 aromatic carbocycles. The lowest BCUT2D eigenvalue weighted by Crippen LogP contribution is -2.41. The molecule has 26 heavy (non-hydrogen) atoms. The first-order chi connectivity index (χ1) is 12.5. The van der Waals surface area contributed by atoms with Crippen LogP contribution in [0.1, 0.15) is 12.0 Å². The number of aliphatic imine (C=N–C) groups is 3. The van der Waals surface area contributed by atoms with E-state index in [1.165, 1.54) is 0 Å². The average Bonchev–Trinajstić information content (AvgIpc) is 2.65. The Labute approximate surface area is 152 Å². The Hall–Kier alpha value is -3.03. The summed E-state index contributed by atoms with van der Waals surface area (Å²) in [5.74, 6) is 2.52. The Morgan fingerprint density at radius 2 is 1.81 bits per heavy atom. The Morgan fingerprint density at radius 1 is 1.12 bits per heavy atom. The first-order valence-corrected chi connectivity index (χ1v) is 8.23. The molecule has 8 heteroatoms. The van der Waals surface area contributed by atoms with Crippen LogP contribution in [0.3, 0.4) is 0 Å². The van der Waals surface area contributed by atoms with Gasteiger partial charge in [-0.2, -0.15) is 0 Å². The quantitative estimate of drug-likeness (QED) is 0.823. The largest absolute Gasteiger partial charge is 0.493 e. The molecule has 138 valence electrons. The van der Waals surface area contributed by atoms with Crippen molar-refractivity contribution < 1.29 is 14.2 Å². The van der Waals surface area contributed by atoms with Gasteiger partial charge in [0.05, 0.1) is 33.9 Å². The molecule has 2 atom stereocenters. The third-order valence-corrected chi connectivity index (χ3v) is 4.42. The Bertz CT molecular complexity index is 788. The third-order valence-electron chi connectivity index (χ3n) is 4.42. The van der Waals surface area contributed by atoms with E-state index >= 15 is 0 Å².